The molecule has 0 saturated heterocycles. The normalized spacial score (nSPS) is 34.8. The zero-order chi connectivity index (χ0) is 13.2. The lowest BCUT2D eigenvalue weighted by atomic mass is 9.75. The van der Waals surface area contributed by atoms with Crippen molar-refractivity contribution in [2.24, 2.45) is 0 Å². The summed E-state index contributed by atoms with van der Waals surface area (Å²) in [6, 6.07) is 9.85. The SMILES string of the molecule is Cc1cccc(C2CC(NC3CCCCC3O)C2)c1. The predicted molar refractivity (Wildman–Crippen MR) is 78.3 cm³/mol. The van der Waals surface area contributed by atoms with Crippen LogP contribution in [0.4, 0.5) is 0 Å². The van der Waals surface area contributed by atoms with Gasteiger partial charge in [-0.2, -0.15) is 0 Å². The highest BCUT2D eigenvalue weighted by Crippen LogP contribution is 2.38. The summed E-state index contributed by atoms with van der Waals surface area (Å²) in [5, 5.41) is 13.7. The van der Waals surface area contributed by atoms with E-state index in [1.54, 1.807) is 0 Å². The van der Waals surface area contributed by atoms with Gasteiger partial charge in [0.25, 0.3) is 0 Å². The highest BCUT2D eigenvalue weighted by molar-refractivity contribution is 5.27. The Balaban J connectivity index is 1.50. The first-order chi connectivity index (χ1) is 9.22. The highest BCUT2D eigenvalue weighted by atomic mass is 16.3. The molecule has 0 heterocycles. The molecule has 1 aromatic carbocycles. The van der Waals surface area contributed by atoms with Gasteiger partial charge in [0.15, 0.2) is 0 Å². The second-order valence-electron chi connectivity index (χ2n) is 6.40. The van der Waals surface area contributed by atoms with E-state index < -0.39 is 0 Å². The van der Waals surface area contributed by atoms with Gasteiger partial charge in [-0.25, -0.2) is 0 Å². The minimum Gasteiger partial charge on any atom is -0.392 e. The molecule has 2 aliphatic rings. The van der Waals surface area contributed by atoms with Crippen LogP contribution in [0.3, 0.4) is 0 Å². The third-order valence-corrected chi connectivity index (χ3v) is 4.83. The smallest absolute Gasteiger partial charge is 0.0693 e. The average Bonchev–Trinajstić information content (AvgIpc) is 2.35. The average molecular weight is 259 g/mol. The lowest BCUT2D eigenvalue weighted by Crippen LogP contribution is -2.51. The van der Waals surface area contributed by atoms with Crippen LogP contribution in [0.2, 0.25) is 0 Å². The summed E-state index contributed by atoms with van der Waals surface area (Å²) in [4.78, 5) is 0. The maximum atomic E-state index is 9.99. The van der Waals surface area contributed by atoms with Crippen LogP contribution in [0.1, 0.15) is 55.6 Å². The van der Waals surface area contributed by atoms with Crippen molar-refractivity contribution in [3.8, 4) is 0 Å². The Morgan fingerprint density at radius 1 is 1.16 bits per heavy atom. The zero-order valence-corrected chi connectivity index (χ0v) is 11.8. The lowest BCUT2D eigenvalue weighted by molar-refractivity contribution is 0.0751. The quantitative estimate of drug-likeness (QED) is 0.874. The van der Waals surface area contributed by atoms with Gasteiger partial charge in [-0.1, -0.05) is 42.7 Å². The Morgan fingerprint density at radius 2 is 1.95 bits per heavy atom. The first-order valence-electron chi connectivity index (χ1n) is 7.73. The molecular weight excluding hydrogens is 234 g/mol. The highest BCUT2D eigenvalue weighted by Gasteiger charge is 2.33. The van der Waals surface area contributed by atoms with Crippen molar-refractivity contribution < 1.29 is 5.11 Å². The van der Waals surface area contributed by atoms with Crippen molar-refractivity contribution >= 4 is 0 Å². The molecule has 2 fully saturated rings. The molecule has 0 amide bonds. The van der Waals surface area contributed by atoms with Crippen molar-refractivity contribution in [3.63, 3.8) is 0 Å². The van der Waals surface area contributed by atoms with Gasteiger partial charge in [0.05, 0.1) is 6.10 Å². The molecule has 1 aromatic rings. The number of aryl methyl sites for hydroxylation is 1. The number of aliphatic hydroxyl groups excluding tert-OH is 1. The molecule has 2 heteroatoms. The van der Waals surface area contributed by atoms with Gasteiger partial charge in [-0.15, -0.1) is 0 Å². The van der Waals surface area contributed by atoms with Gasteiger partial charge in [0.2, 0.25) is 0 Å². The molecule has 0 aliphatic heterocycles. The molecule has 2 atom stereocenters. The Morgan fingerprint density at radius 3 is 2.68 bits per heavy atom. The second-order valence-corrected chi connectivity index (χ2v) is 6.40. The van der Waals surface area contributed by atoms with Crippen molar-refractivity contribution in [2.75, 3.05) is 0 Å². The van der Waals surface area contributed by atoms with Crippen LogP contribution in [-0.2, 0) is 0 Å². The maximum absolute atomic E-state index is 9.99. The van der Waals surface area contributed by atoms with Crippen LogP contribution >= 0.6 is 0 Å². The zero-order valence-electron chi connectivity index (χ0n) is 11.8. The first kappa shape index (κ1) is 13.1. The summed E-state index contributed by atoms with van der Waals surface area (Å²) in [7, 11) is 0. The minimum atomic E-state index is -0.119. The Bertz CT molecular complexity index is 425. The molecule has 2 aliphatic carbocycles. The van der Waals surface area contributed by atoms with E-state index in [4.69, 9.17) is 0 Å². The van der Waals surface area contributed by atoms with Crippen molar-refractivity contribution in [1.29, 1.82) is 0 Å². The summed E-state index contributed by atoms with van der Waals surface area (Å²) in [5.41, 5.74) is 2.85. The van der Waals surface area contributed by atoms with E-state index >= 15 is 0 Å². The van der Waals surface area contributed by atoms with Crippen LogP contribution < -0.4 is 5.32 Å². The van der Waals surface area contributed by atoms with Crippen molar-refractivity contribution in [2.45, 2.75) is 69.6 Å². The Kier molecular flexibility index (Phi) is 3.90. The van der Waals surface area contributed by atoms with E-state index in [1.165, 1.54) is 36.8 Å². The van der Waals surface area contributed by atoms with Crippen molar-refractivity contribution in [1.82, 2.24) is 5.32 Å². The van der Waals surface area contributed by atoms with Gasteiger partial charge >= 0.3 is 0 Å². The van der Waals surface area contributed by atoms with E-state index in [1.807, 2.05) is 0 Å². The molecule has 0 radical (unpaired) electrons. The van der Waals surface area contributed by atoms with Crippen LogP contribution in [0.25, 0.3) is 0 Å². The standard InChI is InChI=1S/C17H25NO/c1-12-5-4-6-13(9-12)14-10-15(11-14)18-16-7-2-3-8-17(16)19/h4-6,9,14-19H,2-3,7-8,10-11H2,1H3. The number of aliphatic hydroxyl groups is 1. The van der Waals surface area contributed by atoms with Crippen molar-refractivity contribution in [3.05, 3.63) is 35.4 Å². The van der Waals surface area contributed by atoms with Gasteiger partial charge < -0.3 is 10.4 Å². The number of hydrogen-bond donors (Lipinski definition) is 2. The molecule has 2 N–H and O–H groups in total. The van der Waals surface area contributed by atoms with E-state index in [-0.39, 0.29) is 6.10 Å². The van der Waals surface area contributed by atoms with E-state index in [2.05, 4.69) is 36.5 Å². The lowest BCUT2D eigenvalue weighted by Gasteiger charge is -2.41. The number of benzene rings is 1. The molecule has 0 bridgehead atoms. The van der Waals surface area contributed by atoms with Gasteiger partial charge in [0.1, 0.15) is 0 Å². The Labute approximate surface area is 116 Å². The van der Waals surface area contributed by atoms with Crippen LogP contribution in [-0.4, -0.2) is 23.3 Å². The fourth-order valence-corrected chi connectivity index (χ4v) is 3.56. The van der Waals surface area contributed by atoms with Crippen LogP contribution in [0.15, 0.2) is 24.3 Å². The third-order valence-electron chi connectivity index (χ3n) is 4.83. The number of rotatable bonds is 3. The molecule has 2 unspecified atom stereocenters. The largest absolute Gasteiger partial charge is 0.392 e. The summed E-state index contributed by atoms with van der Waals surface area (Å²) in [5.74, 6) is 0.720. The van der Waals surface area contributed by atoms with Gasteiger partial charge in [0, 0.05) is 12.1 Å². The molecule has 19 heavy (non-hydrogen) atoms. The Hall–Kier alpha value is -0.860. The molecule has 3 rings (SSSR count). The second kappa shape index (κ2) is 5.64. The topological polar surface area (TPSA) is 32.3 Å². The van der Waals surface area contributed by atoms with E-state index in [0.29, 0.717) is 12.1 Å². The number of nitrogens with one attached hydrogen (secondary N) is 1. The monoisotopic (exact) mass is 259 g/mol. The molecule has 2 saturated carbocycles. The predicted octanol–water partition coefficient (Wildman–Crippen LogP) is 3.13. The molecular formula is C17H25NO. The van der Waals surface area contributed by atoms with Crippen LogP contribution in [0, 0.1) is 6.92 Å². The van der Waals surface area contributed by atoms with E-state index in [9.17, 15) is 5.11 Å². The fourth-order valence-electron chi connectivity index (χ4n) is 3.56. The molecule has 104 valence electrons. The summed E-state index contributed by atoms with van der Waals surface area (Å²) < 4.78 is 0. The van der Waals surface area contributed by atoms with Crippen LogP contribution in [0.5, 0.6) is 0 Å². The summed E-state index contributed by atoms with van der Waals surface area (Å²) in [6.45, 7) is 2.16. The first-order valence-corrected chi connectivity index (χ1v) is 7.73. The van der Waals surface area contributed by atoms with Gasteiger partial charge in [-0.05, 0) is 44.1 Å². The fraction of sp³-hybridized carbons (Fsp3) is 0.647. The maximum Gasteiger partial charge on any atom is 0.0693 e. The molecule has 0 spiro atoms. The molecule has 2 nitrogen and oxygen atoms in total. The van der Waals surface area contributed by atoms with Gasteiger partial charge in [-0.3, -0.25) is 0 Å². The third kappa shape index (κ3) is 3.01. The minimum absolute atomic E-state index is 0.119. The molecule has 0 aromatic heterocycles. The summed E-state index contributed by atoms with van der Waals surface area (Å²) in [6.07, 6.45) is 6.92. The number of hydrogen-bond acceptors (Lipinski definition) is 2. The van der Waals surface area contributed by atoms with E-state index in [0.717, 1.165) is 18.8 Å². The summed E-state index contributed by atoms with van der Waals surface area (Å²) >= 11 is 0.